The average molecular weight is 299 g/mol. The van der Waals surface area contributed by atoms with E-state index in [2.05, 4.69) is 12.1 Å². The lowest BCUT2D eigenvalue weighted by atomic mass is 9.94. The molecule has 0 atom stereocenters. The molecule has 0 unspecified atom stereocenters. The lowest BCUT2D eigenvalue weighted by Gasteiger charge is -2.35. The normalized spacial score (nSPS) is 23.0. The van der Waals surface area contributed by atoms with Gasteiger partial charge in [0.2, 0.25) is 0 Å². The fourth-order valence-electron chi connectivity index (χ4n) is 2.78. The first-order valence-corrected chi connectivity index (χ1v) is 8.32. The van der Waals surface area contributed by atoms with Gasteiger partial charge in [-0.15, -0.1) is 0 Å². The monoisotopic (exact) mass is 298 g/mol. The third kappa shape index (κ3) is 3.46. The molecule has 1 saturated heterocycles. The number of hydrogen-bond acceptors (Lipinski definition) is 3. The van der Waals surface area contributed by atoms with Gasteiger partial charge in [-0.1, -0.05) is 23.7 Å². The molecule has 1 heterocycles. The largest absolute Gasteiger partial charge is 0.348 e. The third-order valence-corrected chi connectivity index (χ3v) is 5.60. The molecule has 0 aromatic heterocycles. The van der Waals surface area contributed by atoms with Gasteiger partial charge >= 0.3 is 0 Å². The Balaban J connectivity index is 1.46. The Morgan fingerprint density at radius 3 is 2.37 bits per heavy atom. The molecule has 2 fully saturated rings. The maximum atomic E-state index is 5.90. The summed E-state index contributed by atoms with van der Waals surface area (Å²) in [5.74, 6) is 0.841. The van der Waals surface area contributed by atoms with Crippen LogP contribution >= 0.6 is 23.4 Å². The molecule has 0 N–H and O–H groups in total. The van der Waals surface area contributed by atoms with E-state index in [1.54, 1.807) is 0 Å². The molecule has 1 aromatic rings. The van der Waals surface area contributed by atoms with Gasteiger partial charge in [-0.25, -0.2) is 0 Å². The van der Waals surface area contributed by atoms with Crippen LogP contribution in [0.1, 0.15) is 31.2 Å². The Bertz CT molecular complexity index is 405. The summed E-state index contributed by atoms with van der Waals surface area (Å²) in [6.07, 6.45) is 4.48. The second-order valence-corrected chi connectivity index (χ2v) is 6.97. The Morgan fingerprint density at radius 2 is 1.74 bits per heavy atom. The predicted molar refractivity (Wildman–Crippen MR) is 79.6 cm³/mol. The molecule has 1 saturated carbocycles. The van der Waals surface area contributed by atoms with Gasteiger partial charge in [0.25, 0.3) is 0 Å². The van der Waals surface area contributed by atoms with Crippen LogP contribution in [0.25, 0.3) is 0 Å². The molecule has 2 nitrogen and oxygen atoms in total. The van der Waals surface area contributed by atoms with E-state index in [1.807, 2.05) is 23.9 Å². The van der Waals surface area contributed by atoms with Crippen molar-refractivity contribution >= 4 is 23.4 Å². The fourth-order valence-corrected chi connectivity index (χ4v) is 4.09. The first-order valence-electron chi connectivity index (χ1n) is 6.90. The van der Waals surface area contributed by atoms with Crippen LogP contribution in [0, 0.1) is 0 Å². The van der Waals surface area contributed by atoms with Crippen LogP contribution in [0.2, 0.25) is 5.02 Å². The highest BCUT2D eigenvalue weighted by Crippen LogP contribution is 2.40. The van der Waals surface area contributed by atoms with Gasteiger partial charge in [0.1, 0.15) is 0 Å². The summed E-state index contributed by atoms with van der Waals surface area (Å²) in [6.45, 7) is 1.53. The maximum Gasteiger partial charge on any atom is 0.168 e. The Morgan fingerprint density at radius 1 is 1.11 bits per heavy atom. The fraction of sp³-hybridized carbons (Fsp3) is 0.600. The maximum absolute atomic E-state index is 5.90. The van der Waals surface area contributed by atoms with E-state index >= 15 is 0 Å². The molecule has 4 heteroatoms. The minimum Gasteiger partial charge on any atom is -0.348 e. The third-order valence-electron chi connectivity index (χ3n) is 3.91. The molecule has 0 radical (unpaired) electrons. The van der Waals surface area contributed by atoms with Gasteiger partial charge in [0.05, 0.1) is 13.2 Å². The van der Waals surface area contributed by atoms with Gasteiger partial charge in [0, 0.05) is 28.9 Å². The quantitative estimate of drug-likeness (QED) is 0.831. The van der Waals surface area contributed by atoms with E-state index in [1.165, 1.54) is 18.4 Å². The van der Waals surface area contributed by atoms with Crippen LogP contribution < -0.4 is 0 Å². The number of rotatable bonds is 3. The molecule has 3 rings (SSSR count). The highest BCUT2D eigenvalue weighted by atomic mass is 35.5. The number of benzene rings is 1. The summed E-state index contributed by atoms with van der Waals surface area (Å²) in [6, 6.07) is 8.16. The van der Waals surface area contributed by atoms with E-state index in [9.17, 15) is 0 Å². The standard InChI is InChI=1S/C15H19ClO2S/c16-13-3-1-12(2-4-13)11-19-14-5-7-15(8-6-14)17-9-10-18-15/h1-4,14H,5-11H2. The van der Waals surface area contributed by atoms with Crippen molar-refractivity contribution in [2.45, 2.75) is 42.5 Å². The minimum absolute atomic E-state index is 0.225. The zero-order valence-corrected chi connectivity index (χ0v) is 12.5. The van der Waals surface area contributed by atoms with Gasteiger partial charge in [0.15, 0.2) is 5.79 Å². The van der Waals surface area contributed by atoms with Crippen molar-refractivity contribution < 1.29 is 9.47 Å². The second-order valence-electron chi connectivity index (χ2n) is 5.24. The molecule has 0 amide bonds. The van der Waals surface area contributed by atoms with E-state index in [4.69, 9.17) is 21.1 Å². The zero-order valence-electron chi connectivity index (χ0n) is 10.9. The average Bonchev–Trinajstić information content (AvgIpc) is 2.89. The van der Waals surface area contributed by atoms with Crippen molar-refractivity contribution in [3.63, 3.8) is 0 Å². The smallest absolute Gasteiger partial charge is 0.168 e. The van der Waals surface area contributed by atoms with Gasteiger partial charge < -0.3 is 9.47 Å². The lowest BCUT2D eigenvalue weighted by Crippen LogP contribution is -2.35. The molecule has 1 aromatic carbocycles. The summed E-state index contributed by atoms with van der Waals surface area (Å²) in [4.78, 5) is 0. The van der Waals surface area contributed by atoms with Crippen molar-refractivity contribution in [3.05, 3.63) is 34.9 Å². The summed E-state index contributed by atoms with van der Waals surface area (Å²) in [7, 11) is 0. The van der Waals surface area contributed by atoms with Gasteiger partial charge in [-0.3, -0.25) is 0 Å². The molecule has 104 valence electrons. The van der Waals surface area contributed by atoms with Crippen molar-refractivity contribution in [3.8, 4) is 0 Å². The Labute approximate surface area is 123 Å². The Hall–Kier alpha value is -0.220. The zero-order chi connectivity index (χ0) is 13.1. The summed E-state index contributed by atoms with van der Waals surface area (Å²) >= 11 is 7.94. The van der Waals surface area contributed by atoms with Crippen LogP contribution in [-0.4, -0.2) is 24.3 Å². The van der Waals surface area contributed by atoms with E-state index in [0.717, 1.165) is 42.1 Å². The SMILES string of the molecule is Clc1ccc(CSC2CCC3(CC2)OCCO3)cc1. The summed E-state index contributed by atoms with van der Waals surface area (Å²) < 4.78 is 11.5. The molecule has 1 aliphatic carbocycles. The topological polar surface area (TPSA) is 18.5 Å². The molecular formula is C15H19ClO2S. The van der Waals surface area contributed by atoms with E-state index in [-0.39, 0.29) is 5.79 Å². The first kappa shape index (κ1) is 13.7. The highest BCUT2D eigenvalue weighted by molar-refractivity contribution is 7.99. The molecular weight excluding hydrogens is 280 g/mol. The number of thioether (sulfide) groups is 1. The van der Waals surface area contributed by atoms with E-state index < -0.39 is 0 Å². The second kappa shape index (κ2) is 6.04. The van der Waals surface area contributed by atoms with Gasteiger partial charge in [-0.05, 0) is 30.5 Å². The first-order chi connectivity index (χ1) is 9.26. The van der Waals surface area contributed by atoms with Crippen molar-refractivity contribution in [1.82, 2.24) is 0 Å². The van der Waals surface area contributed by atoms with E-state index in [0.29, 0.717) is 0 Å². The number of hydrogen-bond donors (Lipinski definition) is 0. The number of halogens is 1. The van der Waals surface area contributed by atoms with Crippen molar-refractivity contribution in [1.29, 1.82) is 0 Å². The number of ether oxygens (including phenoxy) is 2. The summed E-state index contributed by atoms with van der Waals surface area (Å²) in [5, 5.41) is 1.54. The molecule has 1 spiro atoms. The predicted octanol–water partition coefficient (Wildman–Crippen LogP) is 4.26. The highest BCUT2D eigenvalue weighted by Gasteiger charge is 2.40. The summed E-state index contributed by atoms with van der Waals surface area (Å²) in [5.41, 5.74) is 1.35. The van der Waals surface area contributed by atoms with Crippen molar-refractivity contribution in [2.75, 3.05) is 13.2 Å². The molecule has 1 aliphatic heterocycles. The molecule has 2 aliphatic rings. The van der Waals surface area contributed by atoms with Gasteiger partial charge in [-0.2, -0.15) is 11.8 Å². The van der Waals surface area contributed by atoms with Crippen molar-refractivity contribution in [2.24, 2.45) is 0 Å². The Kier molecular flexibility index (Phi) is 4.37. The lowest BCUT2D eigenvalue weighted by molar-refractivity contribution is -0.175. The van der Waals surface area contributed by atoms with Crippen LogP contribution in [0.15, 0.2) is 24.3 Å². The van der Waals surface area contributed by atoms with Crippen LogP contribution in [0.3, 0.4) is 0 Å². The van der Waals surface area contributed by atoms with Crippen LogP contribution in [0.4, 0.5) is 0 Å². The van der Waals surface area contributed by atoms with Crippen LogP contribution in [0.5, 0.6) is 0 Å². The van der Waals surface area contributed by atoms with Crippen LogP contribution in [-0.2, 0) is 15.2 Å². The molecule has 19 heavy (non-hydrogen) atoms. The molecule has 0 bridgehead atoms. The minimum atomic E-state index is -0.225.